The van der Waals surface area contributed by atoms with Crippen molar-refractivity contribution >= 4 is 38.5 Å². The van der Waals surface area contributed by atoms with Gasteiger partial charge in [0.2, 0.25) is 5.43 Å². The Morgan fingerprint density at radius 1 is 1.18 bits per heavy atom. The van der Waals surface area contributed by atoms with Crippen molar-refractivity contribution in [1.82, 2.24) is 9.88 Å². The maximum Gasteiger partial charge on any atom is 0.416 e. The number of halogens is 3. The number of esters is 1. The number of rotatable bonds is 6. The molecule has 1 atom stereocenters. The number of hydrogen-bond acceptors (Lipinski definition) is 6. The Hall–Kier alpha value is -3.87. The zero-order chi connectivity index (χ0) is 27.7. The standard InChI is InChI=1S/C25H24F3N3O6S/c1-2-37-24(34)15-5-4-10-31(14-15)23(33)20-13-29-21-9-8-18(12-19(21)22(20)32)38(35,36)30-17-7-3-6-16(11-17)25(26,27)28/h3,6-9,11-13,15,30H,2,4-5,10,14H2,1H3,(H,29,32). The van der Waals surface area contributed by atoms with E-state index >= 15 is 0 Å². The second-order valence-electron chi connectivity index (χ2n) is 8.77. The van der Waals surface area contributed by atoms with Crippen molar-refractivity contribution in [1.29, 1.82) is 0 Å². The number of carbonyl (C=O) groups is 2. The van der Waals surface area contributed by atoms with Crippen molar-refractivity contribution in [2.45, 2.75) is 30.8 Å². The predicted octanol–water partition coefficient (Wildman–Crippen LogP) is 3.76. The van der Waals surface area contributed by atoms with Gasteiger partial charge in [0.25, 0.3) is 15.9 Å². The van der Waals surface area contributed by atoms with Crippen LogP contribution in [0.25, 0.3) is 10.9 Å². The molecule has 1 saturated heterocycles. The van der Waals surface area contributed by atoms with Crippen molar-refractivity contribution in [3.63, 3.8) is 0 Å². The van der Waals surface area contributed by atoms with E-state index in [4.69, 9.17) is 4.74 Å². The van der Waals surface area contributed by atoms with Gasteiger partial charge in [-0.15, -0.1) is 0 Å². The third-order valence-corrected chi connectivity index (χ3v) is 7.54. The first-order valence-corrected chi connectivity index (χ1v) is 13.2. The monoisotopic (exact) mass is 551 g/mol. The summed E-state index contributed by atoms with van der Waals surface area (Å²) in [6, 6.07) is 7.26. The van der Waals surface area contributed by atoms with Crippen LogP contribution in [0.3, 0.4) is 0 Å². The molecule has 38 heavy (non-hydrogen) atoms. The Morgan fingerprint density at radius 3 is 2.66 bits per heavy atom. The van der Waals surface area contributed by atoms with Crippen LogP contribution in [0, 0.1) is 5.92 Å². The average Bonchev–Trinajstić information content (AvgIpc) is 2.88. The molecule has 1 fully saturated rings. The van der Waals surface area contributed by atoms with Crippen LogP contribution >= 0.6 is 0 Å². The number of alkyl halides is 3. The molecular formula is C25H24F3N3O6S. The number of ether oxygens (including phenoxy) is 1. The maximum absolute atomic E-state index is 13.2. The maximum atomic E-state index is 13.2. The van der Waals surface area contributed by atoms with Crippen molar-refractivity contribution in [3.05, 3.63) is 70.0 Å². The van der Waals surface area contributed by atoms with Crippen molar-refractivity contribution in [2.24, 2.45) is 5.92 Å². The molecule has 0 bridgehead atoms. The number of hydrogen-bond donors (Lipinski definition) is 2. The lowest BCUT2D eigenvalue weighted by atomic mass is 9.97. The van der Waals surface area contributed by atoms with Crippen LogP contribution in [-0.4, -0.2) is 49.9 Å². The first-order chi connectivity index (χ1) is 17.9. The molecule has 1 aliphatic heterocycles. The van der Waals surface area contributed by atoms with Gasteiger partial charge in [0.15, 0.2) is 0 Å². The fourth-order valence-corrected chi connectivity index (χ4v) is 5.36. The number of fused-ring (bicyclic) bond motifs is 1. The molecule has 1 aromatic heterocycles. The minimum absolute atomic E-state index is 0.0878. The second kappa shape index (κ2) is 10.5. The number of pyridine rings is 1. The van der Waals surface area contributed by atoms with E-state index in [1.54, 1.807) is 6.92 Å². The summed E-state index contributed by atoms with van der Waals surface area (Å²) in [6.45, 7) is 2.31. The third-order valence-electron chi connectivity index (χ3n) is 6.16. The number of anilines is 1. The van der Waals surface area contributed by atoms with Gasteiger partial charge in [-0.2, -0.15) is 13.2 Å². The quantitative estimate of drug-likeness (QED) is 0.450. The predicted molar refractivity (Wildman–Crippen MR) is 132 cm³/mol. The highest BCUT2D eigenvalue weighted by Gasteiger charge is 2.32. The molecule has 4 rings (SSSR count). The summed E-state index contributed by atoms with van der Waals surface area (Å²) in [4.78, 5) is 42.3. The lowest BCUT2D eigenvalue weighted by Gasteiger charge is -2.31. The normalized spacial score (nSPS) is 16.3. The van der Waals surface area contributed by atoms with Crippen molar-refractivity contribution in [3.8, 4) is 0 Å². The van der Waals surface area contributed by atoms with E-state index in [-0.39, 0.29) is 40.2 Å². The van der Waals surface area contributed by atoms with Gasteiger partial charge >= 0.3 is 12.1 Å². The van der Waals surface area contributed by atoms with Crippen LogP contribution in [0.15, 0.2) is 58.4 Å². The van der Waals surface area contributed by atoms with Crippen molar-refractivity contribution < 1.29 is 35.9 Å². The van der Waals surface area contributed by atoms with E-state index in [2.05, 4.69) is 9.71 Å². The molecule has 202 valence electrons. The van der Waals surface area contributed by atoms with E-state index in [1.165, 1.54) is 29.3 Å². The number of sulfonamides is 1. The molecule has 13 heteroatoms. The summed E-state index contributed by atoms with van der Waals surface area (Å²) in [6.07, 6.45) is -2.33. The number of amides is 1. The van der Waals surface area contributed by atoms with Crippen LogP contribution < -0.4 is 10.2 Å². The Balaban J connectivity index is 1.63. The van der Waals surface area contributed by atoms with E-state index in [9.17, 15) is 36.0 Å². The highest BCUT2D eigenvalue weighted by molar-refractivity contribution is 7.92. The highest BCUT2D eigenvalue weighted by atomic mass is 32.2. The number of nitrogens with zero attached hydrogens (tertiary/aromatic N) is 1. The number of likely N-dealkylation sites (tertiary alicyclic amines) is 1. The molecule has 1 aliphatic rings. The van der Waals surface area contributed by atoms with Crippen LogP contribution in [0.5, 0.6) is 0 Å². The lowest BCUT2D eigenvalue weighted by Crippen LogP contribution is -2.44. The van der Waals surface area contributed by atoms with Gasteiger partial charge in [-0.25, -0.2) is 8.42 Å². The molecule has 2 heterocycles. The molecule has 0 radical (unpaired) electrons. The molecule has 1 unspecified atom stereocenters. The van der Waals surface area contributed by atoms with Gasteiger partial charge in [0.05, 0.1) is 23.0 Å². The second-order valence-corrected chi connectivity index (χ2v) is 10.4. The average molecular weight is 552 g/mol. The first-order valence-electron chi connectivity index (χ1n) is 11.7. The van der Waals surface area contributed by atoms with E-state index in [0.717, 1.165) is 18.2 Å². The molecule has 0 spiro atoms. The number of carbonyl (C=O) groups excluding carboxylic acids is 2. The molecular weight excluding hydrogens is 527 g/mol. The molecule has 0 aliphatic carbocycles. The summed E-state index contributed by atoms with van der Waals surface area (Å²) in [5.41, 5.74) is -2.04. The zero-order valence-corrected chi connectivity index (χ0v) is 21.0. The topological polar surface area (TPSA) is 126 Å². The summed E-state index contributed by atoms with van der Waals surface area (Å²) >= 11 is 0. The van der Waals surface area contributed by atoms with Crippen LogP contribution in [0.1, 0.15) is 35.7 Å². The fraction of sp³-hybridized carbons (Fsp3) is 0.320. The number of aromatic nitrogens is 1. The van der Waals surface area contributed by atoms with E-state index < -0.39 is 45.0 Å². The lowest BCUT2D eigenvalue weighted by molar-refractivity contribution is -0.149. The highest BCUT2D eigenvalue weighted by Crippen LogP contribution is 2.31. The Morgan fingerprint density at radius 2 is 1.95 bits per heavy atom. The van der Waals surface area contributed by atoms with E-state index in [0.29, 0.717) is 25.5 Å². The largest absolute Gasteiger partial charge is 0.466 e. The van der Waals surface area contributed by atoms with Crippen LogP contribution in [0.2, 0.25) is 0 Å². The summed E-state index contributed by atoms with van der Waals surface area (Å²) < 4.78 is 72.0. The molecule has 3 aromatic rings. The Bertz CT molecular complexity index is 1550. The summed E-state index contributed by atoms with van der Waals surface area (Å²) in [5, 5.41) is -0.0956. The van der Waals surface area contributed by atoms with Crippen LogP contribution in [-0.2, 0) is 25.7 Å². The number of nitrogens with one attached hydrogen (secondary N) is 2. The summed E-state index contributed by atoms with van der Waals surface area (Å²) in [7, 11) is -4.38. The van der Waals surface area contributed by atoms with Crippen LogP contribution in [0.4, 0.5) is 18.9 Å². The van der Waals surface area contributed by atoms with Gasteiger partial charge in [0, 0.05) is 35.9 Å². The number of benzene rings is 2. The van der Waals surface area contributed by atoms with E-state index in [1.807, 2.05) is 0 Å². The van der Waals surface area contributed by atoms with Crippen molar-refractivity contribution in [2.75, 3.05) is 24.4 Å². The fourth-order valence-electron chi connectivity index (χ4n) is 4.28. The minimum atomic E-state index is -4.66. The number of piperidine rings is 1. The minimum Gasteiger partial charge on any atom is -0.466 e. The molecule has 2 aromatic carbocycles. The Kier molecular flexibility index (Phi) is 7.49. The molecule has 2 N–H and O–H groups in total. The molecule has 1 amide bonds. The van der Waals surface area contributed by atoms with Gasteiger partial charge < -0.3 is 14.6 Å². The van der Waals surface area contributed by atoms with Gasteiger partial charge in [-0.3, -0.25) is 19.1 Å². The van der Waals surface area contributed by atoms with Gasteiger partial charge in [-0.1, -0.05) is 6.07 Å². The third kappa shape index (κ3) is 5.67. The van der Waals surface area contributed by atoms with Gasteiger partial charge in [-0.05, 0) is 56.2 Å². The molecule has 9 nitrogen and oxygen atoms in total. The smallest absolute Gasteiger partial charge is 0.416 e. The first kappa shape index (κ1) is 27.2. The van der Waals surface area contributed by atoms with Gasteiger partial charge in [0.1, 0.15) is 5.56 Å². The Labute approximate surface area is 215 Å². The molecule has 0 saturated carbocycles. The zero-order valence-electron chi connectivity index (χ0n) is 20.2. The summed E-state index contributed by atoms with van der Waals surface area (Å²) in [5.74, 6) is -1.54. The number of aromatic amines is 1. The SMILES string of the molecule is CCOC(=O)C1CCCN(C(=O)c2c[nH]c3ccc(S(=O)(=O)Nc4cccc(C(F)(F)F)c4)cc3c2=O)C1. The number of H-pyrrole nitrogens is 1.